The molecule has 0 bridgehead atoms. The molecule has 0 aliphatic rings. The van der Waals surface area contributed by atoms with Gasteiger partial charge >= 0.3 is 0 Å². The summed E-state index contributed by atoms with van der Waals surface area (Å²) in [6.07, 6.45) is -0.481. The number of aliphatic hydroxyl groups excluding tert-OH is 1. The molecule has 3 heteroatoms. The molecular weight excluding hydrogens is 226 g/mol. The van der Waals surface area contributed by atoms with Crippen molar-refractivity contribution in [2.75, 3.05) is 6.61 Å². The van der Waals surface area contributed by atoms with Crippen LogP contribution < -0.4 is 10.5 Å². The normalized spacial score (nSPS) is 13.5. The van der Waals surface area contributed by atoms with Crippen LogP contribution in [-0.2, 0) is 6.54 Å². The second-order valence-electron chi connectivity index (χ2n) is 5.96. The summed E-state index contributed by atoms with van der Waals surface area (Å²) in [7, 11) is 0. The number of rotatable bonds is 4. The van der Waals surface area contributed by atoms with Gasteiger partial charge in [0.2, 0.25) is 0 Å². The molecule has 0 radical (unpaired) electrons. The van der Waals surface area contributed by atoms with E-state index in [0.717, 1.165) is 22.4 Å². The van der Waals surface area contributed by atoms with Crippen molar-refractivity contribution in [3.63, 3.8) is 0 Å². The van der Waals surface area contributed by atoms with Gasteiger partial charge in [-0.05, 0) is 36.0 Å². The lowest BCUT2D eigenvalue weighted by Crippen LogP contribution is -2.32. The van der Waals surface area contributed by atoms with Gasteiger partial charge in [0, 0.05) is 6.54 Å². The lowest BCUT2D eigenvalue weighted by Gasteiger charge is -2.26. The third-order valence-corrected chi connectivity index (χ3v) is 3.14. The van der Waals surface area contributed by atoms with E-state index in [2.05, 4.69) is 0 Å². The Labute approximate surface area is 110 Å². The van der Waals surface area contributed by atoms with Crippen LogP contribution in [0.5, 0.6) is 5.75 Å². The van der Waals surface area contributed by atoms with Crippen molar-refractivity contribution >= 4 is 0 Å². The van der Waals surface area contributed by atoms with Crippen molar-refractivity contribution < 1.29 is 9.84 Å². The minimum Gasteiger partial charge on any atom is -0.490 e. The van der Waals surface area contributed by atoms with Crippen LogP contribution in [0.4, 0.5) is 0 Å². The van der Waals surface area contributed by atoms with E-state index >= 15 is 0 Å². The van der Waals surface area contributed by atoms with Crippen LogP contribution in [0, 0.1) is 19.3 Å². The average molecular weight is 251 g/mol. The van der Waals surface area contributed by atoms with Gasteiger partial charge in [0.25, 0.3) is 0 Å². The SMILES string of the molecule is Cc1cc(CN)cc(C)c1OCC(O)C(C)(C)C. The first-order valence-electron chi connectivity index (χ1n) is 6.36. The van der Waals surface area contributed by atoms with Gasteiger partial charge in [-0.2, -0.15) is 0 Å². The second-order valence-corrected chi connectivity index (χ2v) is 5.96. The fourth-order valence-corrected chi connectivity index (χ4v) is 1.80. The average Bonchev–Trinajstić information content (AvgIpc) is 2.25. The smallest absolute Gasteiger partial charge is 0.125 e. The maximum absolute atomic E-state index is 9.98. The number of aliphatic hydroxyl groups is 1. The van der Waals surface area contributed by atoms with Gasteiger partial charge < -0.3 is 15.6 Å². The second kappa shape index (κ2) is 5.72. The highest BCUT2D eigenvalue weighted by Gasteiger charge is 2.23. The van der Waals surface area contributed by atoms with Gasteiger partial charge in [-0.25, -0.2) is 0 Å². The standard InChI is InChI=1S/C15H25NO2/c1-10-6-12(8-16)7-11(2)14(10)18-9-13(17)15(3,4)5/h6-7,13,17H,8-9,16H2,1-5H3. The molecule has 1 unspecified atom stereocenters. The summed E-state index contributed by atoms with van der Waals surface area (Å²) in [6.45, 7) is 10.9. The minimum atomic E-state index is -0.481. The van der Waals surface area contributed by atoms with E-state index in [4.69, 9.17) is 10.5 Å². The molecule has 1 rings (SSSR count). The molecule has 0 saturated carbocycles. The highest BCUT2D eigenvalue weighted by atomic mass is 16.5. The molecule has 0 saturated heterocycles. The number of hydrogen-bond donors (Lipinski definition) is 2. The highest BCUT2D eigenvalue weighted by molar-refractivity contribution is 5.43. The molecule has 0 heterocycles. The molecule has 1 atom stereocenters. The van der Waals surface area contributed by atoms with Crippen LogP contribution in [0.15, 0.2) is 12.1 Å². The molecule has 0 spiro atoms. The van der Waals surface area contributed by atoms with E-state index in [1.54, 1.807) is 0 Å². The van der Waals surface area contributed by atoms with Gasteiger partial charge in [-0.15, -0.1) is 0 Å². The molecule has 0 fully saturated rings. The molecule has 0 aromatic heterocycles. The largest absolute Gasteiger partial charge is 0.490 e. The summed E-state index contributed by atoms with van der Waals surface area (Å²) in [5.41, 5.74) is 8.71. The first-order chi connectivity index (χ1) is 8.25. The van der Waals surface area contributed by atoms with Gasteiger partial charge in [-0.1, -0.05) is 32.9 Å². The lowest BCUT2D eigenvalue weighted by atomic mass is 9.90. The Bertz CT molecular complexity index is 384. The molecule has 0 amide bonds. The van der Waals surface area contributed by atoms with Crippen molar-refractivity contribution in [3.05, 3.63) is 28.8 Å². The Morgan fingerprint density at radius 1 is 1.22 bits per heavy atom. The van der Waals surface area contributed by atoms with Crippen LogP contribution >= 0.6 is 0 Å². The van der Waals surface area contributed by atoms with Crippen molar-refractivity contribution in [1.29, 1.82) is 0 Å². The molecule has 3 N–H and O–H groups in total. The number of ether oxygens (including phenoxy) is 1. The number of nitrogens with two attached hydrogens (primary N) is 1. The Kier molecular flexibility index (Phi) is 4.77. The number of hydrogen-bond acceptors (Lipinski definition) is 3. The first-order valence-corrected chi connectivity index (χ1v) is 6.36. The number of benzene rings is 1. The van der Waals surface area contributed by atoms with E-state index in [-0.39, 0.29) is 5.41 Å². The molecule has 1 aromatic rings. The first kappa shape index (κ1) is 15.0. The molecule has 3 nitrogen and oxygen atoms in total. The van der Waals surface area contributed by atoms with Crippen molar-refractivity contribution in [3.8, 4) is 5.75 Å². The van der Waals surface area contributed by atoms with Crippen LogP contribution in [0.2, 0.25) is 0 Å². The third kappa shape index (κ3) is 3.72. The van der Waals surface area contributed by atoms with Gasteiger partial charge in [0.1, 0.15) is 12.4 Å². The summed E-state index contributed by atoms with van der Waals surface area (Å²) in [6, 6.07) is 4.07. The Morgan fingerprint density at radius 3 is 2.11 bits per heavy atom. The van der Waals surface area contributed by atoms with E-state index < -0.39 is 6.10 Å². The van der Waals surface area contributed by atoms with E-state index in [0.29, 0.717) is 13.2 Å². The molecular formula is C15H25NO2. The molecule has 1 aromatic carbocycles. The molecule has 18 heavy (non-hydrogen) atoms. The lowest BCUT2D eigenvalue weighted by molar-refractivity contribution is 0.0214. The predicted octanol–water partition coefficient (Wildman–Crippen LogP) is 2.55. The maximum Gasteiger partial charge on any atom is 0.125 e. The molecule has 0 aliphatic carbocycles. The molecule has 102 valence electrons. The van der Waals surface area contributed by atoms with E-state index in [1.165, 1.54) is 0 Å². The zero-order chi connectivity index (χ0) is 13.9. The zero-order valence-corrected chi connectivity index (χ0v) is 12.1. The van der Waals surface area contributed by atoms with Crippen LogP contribution in [0.25, 0.3) is 0 Å². The summed E-state index contributed by atoms with van der Waals surface area (Å²) in [4.78, 5) is 0. The fourth-order valence-electron chi connectivity index (χ4n) is 1.80. The highest BCUT2D eigenvalue weighted by Crippen LogP contribution is 2.26. The Hall–Kier alpha value is -1.06. The summed E-state index contributed by atoms with van der Waals surface area (Å²) in [5, 5.41) is 9.98. The monoisotopic (exact) mass is 251 g/mol. The maximum atomic E-state index is 9.98. The van der Waals surface area contributed by atoms with E-state index in [9.17, 15) is 5.11 Å². The van der Waals surface area contributed by atoms with Crippen molar-refractivity contribution in [1.82, 2.24) is 0 Å². The van der Waals surface area contributed by atoms with Crippen LogP contribution in [-0.4, -0.2) is 17.8 Å². The Balaban J connectivity index is 2.80. The van der Waals surface area contributed by atoms with Gasteiger partial charge in [-0.3, -0.25) is 0 Å². The molecule has 0 aliphatic heterocycles. The Morgan fingerprint density at radius 2 is 1.72 bits per heavy atom. The zero-order valence-electron chi connectivity index (χ0n) is 12.1. The predicted molar refractivity (Wildman–Crippen MR) is 74.8 cm³/mol. The fraction of sp³-hybridized carbons (Fsp3) is 0.600. The van der Waals surface area contributed by atoms with Gasteiger partial charge in [0.05, 0.1) is 6.10 Å². The van der Waals surface area contributed by atoms with Crippen LogP contribution in [0.1, 0.15) is 37.5 Å². The quantitative estimate of drug-likeness (QED) is 0.864. The summed E-state index contributed by atoms with van der Waals surface area (Å²) >= 11 is 0. The van der Waals surface area contributed by atoms with Crippen molar-refractivity contribution in [2.24, 2.45) is 11.1 Å². The topological polar surface area (TPSA) is 55.5 Å². The summed E-state index contributed by atoms with van der Waals surface area (Å²) < 4.78 is 5.76. The van der Waals surface area contributed by atoms with E-state index in [1.807, 2.05) is 46.8 Å². The van der Waals surface area contributed by atoms with Gasteiger partial charge in [0.15, 0.2) is 0 Å². The number of aryl methyl sites for hydroxylation is 2. The minimum absolute atomic E-state index is 0.168. The third-order valence-electron chi connectivity index (χ3n) is 3.14. The van der Waals surface area contributed by atoms with Crippen molar-refractivity contribution in [2.45, 2.75) is 47.3 Å². The van der Waals surface area contributed by atoms with Crippen LogP contribution in [0.3, 0.4) is 0 Å². The summed E-state index contributed by atoms with van der Waals surface area (Å²) in [5.74, 6) is 0.857.